The molecule has 2 N–H and O–H groups in total. The van der Waals surface area contributed by atoms with Crippen molar-refractivity contribution < 1.29 is 4.43 Å². The summed E-state index contributed by atoms with van der Waals surface area (Å²) in [5.41, 5.74) is 5.93. The molecule has 0 heterocycles. The number of nitrogens with two attached hydrogens (primary N) is 1. The van der Waals surface area contributed by atoms with Gasteiger partial charge in [0.25, 0.3) is 0 Å². The van der Waals surface area contributed by atoms with E-state index in [0.717, 1.165) is 30.1 Å². The van der Waals surface area contributed by atoms with Crippen molar-refractivity contribution in [2.75, 3.05) is 13.2 Å². The first-order valence-corrected chi connectivity index (χ1v) is 5.75. The molecule has 0 unspecified atom stereocenters. The third-order valence-corrected chi connectivity index (χ3v) is 3.15. The second-order valence-electron chi connectivity index (χ2n) is 3.53. The molecule has 2 nitrogen and oxygen atoms in total. The highest BCUT2D eigenvalue weighted by atomic mass is 28.2. The number of hydrogen-bond acceptors (Lipinski definition) is 2. The van der Waals surface area contributed by atoms with E-state index >= 15 is 0 Å². The third kappa shape index (κ3) is 3.69. The molecule has 0 bridgehead atoms. The Morgan fingerprint density at radius 1 is 1.33 bits per heavy atom. The van der Waals surface area contributed by atoms with Gasteiger partial charge in [-0.2, -0.15) is 0 Å². The van der Waals surface area contributed by atoms with Gasteiger partial charge in [-0.3, -0.25) is 0 Å². The van der Waals surface area contributed by atoms with E-state index in [1.54, 1.807) is 0 Å². The first-order chi connectivity index (χ1) is 5.74. The topological polar surface area (TPSA) is 35.2 Å². The van der Waals surface area contributed by atoms with Gasteiger partial charge in [0.15, 0.2) is 0 Å². The van der Waals surface area contributed by atoms with Gasteiger partial charge in [-0.25, -0.2) is 0 Å². The van der Waals surface area contributed by atoms with Crippen molar-refractivity contribution in [3.63, 3.8) is 0 Å². The Kier molecular flexibility index (Phi) is 6.71. The van der Waals surface area contributed by atoms with Crippen LogP contribution in [0.1, 0.15) is 39.5 Å². The van der Waals surface area contributed by atoms with Crippen LogP contribution in [0.15, 0.2) is 0 Å². The van der Waals surface area contributed by atoms with Crippen molar-refractivity contribution in [1.29, 1.82) is 0 Å². The van der Waals surface area contributed by atoms with Crippen molar-refractivity contribution in [3.8, 4) is 0 Å². The largest absolute Gasteiger partial charge is 0.427 e. The maximum Gasteiger partial charge on any atom is 0.145 e. The van der Waals surface area contributed by atoms with Crippen molar-refractivity contribution in [2.24, 2.45) is 11.1 Å². The fourth-order valence-corrected chi connectivity index (χ4v) is 2.28. The van der Waals surface area contributed by atoms with Gasteiger partial charge in [0.05, 0.1) is 0 Å². The molecule has 0 fully saturated rings. The van der Waals surface area contributed by atoms with E-state index in [9.17, 15) is 0 Å². The van der Waals surface area contributed by atoms with E-state index in [1.807, 2.05) is 0 Å². The van der Waals surface area contributed by atoms with Gasteiger partial charge in [0.1, 0.15) is 10.5 Å². The molecule has 0 rings (SSSR count). The van der Waals surface area contributed by atoms with Crippen LogP contribution >= 0.6 is 0 Å². The van der Waals surface area contributed by atoms with E-state index < -0.39 is 0 Å². The first-order valence-electron chi connectivity index (χ1n) is 4.93. The molecule has 74 valence electrons. The van der Waals surface area contributed by atoms with Crippen molar-refractivity contribution in [1.82, 2.24) is 0 Å². The Morgan fingerprint density at radius 2 is 1.92 bits per heavy atom. The summed E-state index contributed by atoms with van der Waals surface area (Å²) in [6.45, 7) is 6.25. The molecule has 0 saturated carbocycles. The highest BCUT2D eigenvalue weighted by Gasteiger charge is 2.24. The Hall–Kier alpha value is 0.137. The van der Waals surface area contributed by atoms with Crippen LogP contribution in [-0.4, -0.2) is 23.6 Å². The molecule has 0 aliphatic heterocycles. The summed E-state index contributed by atoms with van der Waals surface area (Å²) in [5.74, 6) is 0. The second-order valence-corrected chi connectivity index (χ2v) is 4.11. The second kappa shape index (κ2) is 6.63. The van der Waals surface area contributed by atoms with Crippen LogP contribution in [0.25, 0.3) is 0 Å². The van der Waals surface area contributed by atoms with Crippen molar-refractivity contribution in [2.45, 2.75) is 39.5 Å². The summed E-state index contributed by atoms with van der Waals surface area (Å²) in [6.07, 6.45) is 4.78. The Balaban J connectivity index is 3.95. The van der Waals surface area contributed by atoms with Gasteiger partial charge in [0.2, 0.25) is 0 Å². The summed E-state index contributed by atoms with van der Waals surface area (Å²) < 4.78 is 5.38. The lowest BCUT2D eigenvalue weighted by Crippen LogP contribution is -2.26. The van der Waals surface area contributed by atoms with Crippen molar-refractivity contribution in [3.05, 3.63) is 0 Å². The SMILES string of the molecule is CCC(CC)(CCCN)CO[SiH3]. The Labute approximate surface area is 79.4 Å². The molecule has 12 heavy (non-hydrogen) atoms. The zero-order valence-electron chi connectivity index (χ0n) is 8.73. The molecule has 0 aliphatic carbocycles. The van der Waals surface area contributed by atoms with Gasteiger partial charge in [-0.15, -0.1) is 0 Å². The predicted octanol–water partition coefficient (Wildman–Crippen LogP) is 0.829. The molecule has 0 saturated heterocycles. The smallest absolute Gasteiger partial charge is 0.145 e. The third-order valence-electron chi connectivity index (χ3n) is 2.86. The fourth-order valence-electron chi connectivity index (χ4n) is 1.66. The fraction of sp³-hybridized carbons (Fsp3) is 1.00. The average Bonchev–Trinajstić information content (AvgIpc) is 2.13. The highest BCUT2D eigenvalue weighted by Crippen LogP contribution is 2.31. The normalized spacial score (nSPS) is 12.2. The molecule has 0 aromatic rings. The zero-order valence-corrected chi connectivity index (χ0v) is 10.7. The minimum atomic E-state index is 0.418. The maximum atomic E-state index is 5.51. The first kappa shape index (κ1) is 12.1. The highest BCUT2D eigenvalue weighted by molar-refractivity contribution is 5.97. The summed E-state index contributed by atoms with van der Waals surface area (Å²) in [5, 5.41) is 0. The molecule has 3 heteroatoms. The Morgan fingerprint density at radius 3 is 2.25 bits per heavy atom. The summed E-state index contributed by atoms with van der Waals surface area (Å²) in [7, 11) is 0.856. The zero-order chi connectivity index (χ0) is 9.45. The van der Waals surface area contributed by atoms with Crippen LogP contribution in [-0.2, 0) is 4.43 Å². The average molecular weight is 189 g/mol. The molecular formula is C9H23NOSi. The van der Waals surface area contributed by atoms with Gasteiger partial charge in [-0.1, -0.05) is 13.8 Å². The van der Waals surface area contributed by atoms with Crippen LogP contribution in [0.2, 0.25) is 0 Å². The van der Waals surface area contributed by atoms with Crippen LogP contribution in [0.3, 0.4) is 0 Å². The van der Waals surface area contributed by atoms with Gasteiger partial charge < -0.3 is 10.2 Å². The minimum Gasteiger partial charge on any atom is -0.427 e. The lowest BCUT2D eigenvalue weighted by Gasteiger charge is -2.31. The molecule has 0 atom stereocenters. The van der Waals surface area contributed by atoms with E-state index in [-0.39, 0.29) is 0 Å². The molecule has 0 amide bonds. The van der Waals surface area contributed by atoms with Crippen LogP contribution in [0, 0.1) is 5.41 Å². The lowest BCUT2D eigenvalue weighted by atomic mass is 9.79. The van der Waals surface area contributed by atoms with Gasteiger partial charge >= 0.3 is 0 Å². The summed E-state index contributed by atoms with van der Waals surface area (Å²) in [6, 6.07) is 0. The lowest BCUT2D eigenvalue weighted by molar-refractivity contribution is 0.128. The van der Waals surface area contributed by atoms with E-state index in [1.165, 1.54) is 19.3 Å². The molecule has 0 spiro atoms. The van der Waals surface area contributed by atoms with Gasteiger partial charge in [-0.05, 0) is 37.6 Å². The molecule has 0 aliphatic rings. The van der Waals surface area contributed by atoms with Crippen LogP contribution in [0.5, 0.6) is 0 Å². The van der Waals surface area contributed by atoms with Crippen LogP contribution < -0.4 is 5.73 Å². The Bertz CT molecular complexity index is 105. The predicted molar refractivity (Wildman–Crippen MR) is 57.2 cm³/mol. The number of rotatable bonds is 7. The molecular weight excluding hydrogens is 166 g/mol. The maximum absolute atomic E-state index is 5.51. The molecule has 0 aromatic heterocycles. The van der Waals surface area contributed by atoms with Crippen LogP contribution in [0.4, 0.5) is 0 Å². The minimum absolute atomic E-state index is 0.418. The van der Waals surface area contributed by atoms with E-state index in [4.69, 9.17) is 10.2 Å². The monoisotopic (exact) mass is 189 g/mol. The number of hydrogen-bond donors (Lipinski definition) is 1. The quantitative estimate of drug-likeness (QED) is 0.602. The van der Waals surface area contributed by atoms with Gasteiger partial charge in [0, 0.05) is 6.61 Å². The van der Waals surface area contributed by atoms with Crippen molar-refractivity contribution >= 4 is 10.5 Å². The van der Waals surface area contributed by atoms with E-state index in [0.29, 0.717) is 5.41 Å². The standard InChI is InChI=1S/C9H23NOSi/c1-3-9(4-2,8-11-12)6-5-7-10/h3-8,10H2,1-2,12H3. The summed E-state index contributed by atoms with van der Waals surface area (Å²) in [4.78, 5) is 0. The summed E-state index contributed by atoms with van der Waals surface area (Å²) >= 11 is 0. The van der Waals surface area contributed by atoms with E-state index in [2.05, 4.69) is 13.8 Å². The molecule has 0 aromatic carbocycles. The molecule has 0 radical (unpaired) electrons.